The molecule has 1 atom stereocenters. The maximum absolute atomic E-state index is 5.99. The van der Waals surface area contributed by atoms with Crippen molar-refractivity contribution in [3.8, 4) is 16.9 Å². The van der Waals surface area contributed by atoms with Crippen molar-refractivity contribution in [3.05, 3.63) is 53.6 Å². The highest BCUT2D eigenvalue weighted by Gasteiger charge is 2.24. The van der Waals surface area contributed by atoms with Crippen molar-refractivity contribution in [2.45, 2.75) is 18.9 Å². The number of ether oxygens (including phenoxy) is 1. The summed E-state index contributed by atoms with van der Waals surface area (Å²) in [6, 6.07) is 14.8. The van der Waals surface area contributed by atoms with Gasteiger partial charge in [0.05, 0.1) is 0 Å². The molecule has 2 aromatic carbocycles. The monoisotopic (exact) mass is 268 g/mol. The van der Waals surface area contributed by atoms with Gasteiger partial charge in [0.2, 0.25) is 0 Å². The summed E-state index contributed by atoms with van der Waals surface area (Å²) in [6.45, 7) is 1.23. The lowest BCUT2D eigenvalue weighted by Crippen LogP contribution is -2.24. The molecule has 0 saturated carbocycles. The van der Waals surface area contributed by atoms with Crippen LogP contribution in [0.25, 0.3) is 11.1 Å². The summed E-state index contributed by atoms with van der Waals surface area (Å²) in [5, 5.41) is 0. The Morgan fingerprint density at radius 2 is 1.95 bits per heavy atom. The maximum Gasteiger partial charge on any atom is 0.130 e. The van der Waals surface area contributed by atoms with Crippen LogP contribution in [0.1, 0.15) is 11.1 Å². The van der Waals surface area contributed by atoms with Crippen LogP contribution < -0.4 is 16.2 Å². The molecule has 0 fully saturated rings. The molecule has 0 aliphatic carbocycles. The minimum Gasteiger partial charge on any atom is -0.488 e. The van der Waals surface area contributed by atoms with E-state index in [4.69, 9.17) is 16.2 Å². The second-order valence-electron chi connectivity index (χ2n) is 5.21. The molecule has 104 valence electrons. The number of hydrogen-bond donors (Lipinski definition) is 2. The molecular weight excluding hydrogens is 248 g/mol. The van der Waals surface area contributed by atoms with Crippen molar-refractivity contribution in [2.24, 2.45) is 11.5 Å². The van der Waals surface area contributed by atoms with Gasteiger partial charge in [0.25, 0.3) is 0 Å². The van der Waals surface area contributed by atoms with Crippen LogP contribution in [0.15, 0.2) is 42.5 Å². The van der Waals surface area contributed by atoms with Crippen LogP contribution in [0.2, 0.25) is 0 Å². The molecule has 1 aliphatic rings. The Morgan fingerprint density at radius 1 is 1.10 bits per heavy atom. The lowest BCUT2D eigenvalue weighted by Gasteiger charge is -2.11. The number of benzene rings is 2. The molecule has 0 unspecified atom stereocenters. The molecule has 3 heteroatoms. The maximum atomic E-state index is 5.99. The second-order valence-corrected chi connectivity index (χ2v) is 5.21. The fourth-order valence-corrected chi connectivity index (χ4v) is 2.76. The minimum absolute atomic E-state index is 0.110. The molecule has 2 aromatic rings. The van der Waals surface area contributed by atoms with Crippen LogP contribution in [-0.2, 0) is 12.8 Å². The van der Waals surface area contributed by atoms with Crippen LogP contribution in [0, 0.1) is 0 Å². The normalized spacial score (nSPS) is 16.8. The van der Waals surface area contributed by atoms with E-state index in [0.717, 1.165) is 24.2 Å². The summed E-state index contributed by atoms with van der Waals surface area (Å²) in [5.41, 5.74) is 16.2. The van der Waals surface area contributed by atoms with Gasteiger partial charge in [0.1, 0.15) is 11.9 Å². The van der Waals surface area contributed by atoms with E-state index in [0.29, 0.717) is 13.1 Å². The summed E-state index contributed by atoms with van der Waals surface area (Å²) < 4.78 is 5.99. The molecule has 3 nitrogen and oxygen atoms in total. The summed E-state index contributed by atoms with van der Waals surface area (Å²) in [6.07, 6.45) is 1.91. The Balaban J connectivity index is 2.00. The Morgan fingerprint density at radius 3 is 2.75 bits per heavy atom. The van der Waals surface area contributed by atoms with Gasteiger partial charge >= 0.3 is 0 Å². The minimum atomic E-state index is 0.110. The van der Waals surface area contributed by atoms with Crippen molar-refractivity contribution < 1.29 is 4.74 Å². The quantitative estimate of drug-likeness (QED) is 0.893. The van der Waals surface area contributed by atoms with Crippen molar-refractivity contribution in [2.75, 3.05) is 13.1 Å². The molecule has 0 amide bonds. The van der Waals surface area contributed by atoms with Gasteiger partial charge in [-0.1, -0.05) is 42.5 Å². The van der Waals surface area contributed by atoms with E-state index in [1.165, 1.54) is 16.7 Å². The molecule has 0 bridgehead atoms. The third-order valence-electron chi connectivity index (χ3n) is 3.76. The first kappa shape index (κ1) is 13.2. The Labute approximate surface area is 119 Å². The topological polar surface area (TPSA) is 61.3 Å². The second kappa shape index (κ2) is 5.65. The van der Waals surface area contributed by atoms with E-state index < -0.39 is 0 Å². The van der Waals surface area contributed by atoms with E-state index in [1.807, 2.05) is 0 Å². The predicted molar refractivity (Wildman–Crippen MR) is 81.8 cm³/mol. The van der Waals surface area contributed by atoms with Gasteiger partial charge in [0, 0.05) is 18.5 Å². The van der Waals surface area contributed by atoms with E-state index in [2.05, 4.69) is 42.5 Å². The lowest BCUT2D eigenvalue weighted by molar-refractivity contribution is 0.242. The molecule has 1 aliphatic heterocycles. The van der Waals surface area contributed by atoms with Crippen molar-refractivity contribution in [1.29, 1.82) is 0 Å². The molecule has 4 N–H and O–H groups in total. The number of para-hydroxylation sites is 1. The Hall–Kier alpha value is -1.84. The van der Waals surface area contributed by atoms with Gasteiger partial charge in [-0.15, -0.1) is 0 Å². The zero-order chi connectivity index (χ0) is 13.9. The van der Waals surface area contributed by atoms with E-state index in [-0.39, 0.29) is 6.10 Å². The smallest absolute Gasteiger partial charge is 0.130 e. The highest BCUT2D eigenvalue weighted by molar-refractivity contribution is 5.73. The van der Waals surface area contributed by atoms with Crippen LogP contribution in [0.3, 0.4) is 0 Å². The number of hydrogen-bond acceptors (Lipinski definition) is 3. The standard InChI is InChI=1S/C17H20N2O/c18-8-7-12-3-1-4-13(9-12)16-6-2-5-14-10-15(11-19)20-17(14)16/h1-6,9,15H,7-8,10-11,18-19H2/t15-/m0/s1. The average Bonchev–Trinajstić information content (AvgIpc) is 2.91. The van der Waals surface area contributed by atoms with Crippen molar-refractivity contribution in [1.82, 2.24) is 0 Å². The van der Waals surface area contributed by atoms with Gasteiger partial charge in [0.15, 0.2) is 0 Å². The molecule has 0 radical (unpaired) electrons. The first-order valence-electron chi connectivity index (χ1n) is 7.10. The van der Waals surface area contributed by atoms with Crippen LogP contribution in [0.5, 0.6) is 5.75 Å². The molecule has 1 heterocycles. The number of fused-ring (bicyclic) bond motifs is 1. The van der Waals surface area contributed by atoms with Crippen LogP contribution in [-0.4, -0.2) is 19.2 Å². The highest BCUT2D eigenvalue weighted by atomic mass is 16.5. The summed E-state index contributed by atoms with van der Waals surface area (Å²) in [5.74, 6) is 0.993. The zero-order valence-electron chi connectivity index (χ0n) is 11.5. The highest BCUT2D eigenvalue weighted by Crippen LogP contribution is 2.38. The van der Waals surface area contributed by atoms with Gasteiger partial charge in [-0.3, -0.25) is 0 Å². The van der Waals surface area contributed by atoms with Crippen molar-refractivity contribution >= 4 is 0 Å². The summed E-state index contributed by atoms with van der Waals surface area (Å²) in [7, 11) is 0. The molecule has 0 saturated heterocycles. The molecule has 20 heavy (non-hydrogen) atoms. The summed E-state index contributed by atoms with van der Waals surface area (Å²) >= 11 is 0. The summed E-state index contributed by atoms with van der Waals surface area (Å²) in [4.78, 5) is 0. The molecule has 0 spiro atoms. The lowest BCUT2D eigenvalue weighted by atomic mass is 9.98. The van der Waals surface area contributed by atoms with Crippen LogP contribution >= 0.6 is 0 Å². The Bertz CT molecular complexity index is 610. The SMILES string of the molecule is NCCc1cccc(-c2cccc3c2O[C@H](CN)C3)c1. The number of rotatable bonds is 4. The average molecular weight is 268 g/mol. The van der Waals surface area contributed by atoms with Gasteiger partial charge in [-0.2, -0.15) is 0 Å². The third kappa shape index (κ3) is 2.42. The fourth-order valence-electron chi connectivity index (χ4n) is 2.76. The first-order valence-corrected chi connectivity index (χ1v) is 7.10. The van der Waals surface area contributed by atoms with E-state index >= 15 is 0 Å². The largest absolute Gasteiger partial charge is 0.488 e. The Kier molecular flexibility index (Phi) is 3.72. The van der Waals surface area contributed by atoms with Crippen LogP contribution in [0.4, 0.5) is 0 Å². The van der Waals surface area contributed by atoms with Gasteiger partial charge in [-0.25, -0.2) is 0 Å². The molecule has 3 rings (SSSR count). The first-order chi connectivity index (χ1) is 9.81. The molecule has 0 aromatic heterocycles. The van der Waals surface area contributed by atoms with Gasteiger partial charge in [-0.05, 0) is 29.7 Å². The van der Waals surface area contributed by atoms with E-state index in [9.17, 15) is 0 Å². The third-order valence-corrected chi connectivity index (χ3v) is 3.76. The fraction of sp³-hybridized carbons (Fsp3) is 0.294. The van der Waals surface area contributed by atoms with Gasteiger partial charge < -0.3 is 16.2 Å². The number of nitrogens with two attached hydrogens (primary N) is 2. The predicted octanol–water partition coefficient (Wildman–Crippen LogP) is 2.12. The zero-order valence-corrected chi connectivity index (χ0v) is 11.5. The van der Waals surface area contributed by atoms with E-state index in [1.54, 1.807) is 0 Å². The van der Waals surface area contributed by atoms with Crippen molar-refractivity contribution in [3.63, 3.8) is 0 Å². The molecular formula is C17H20N2O.